The van der Waals surface area contributed by atoms with E-state index in [2.05, 4.69) is 10.1 Å². The molecular weight excluding hydrogens is 278 g/mol. The summed E-state index contributed by atoms with van der Waals surface area (Å²) in [6.07, 6.45) is 1.41. The molecule has 0 aromatic heterocycles. The van der Waals surface area contributed by atoms with Gasteiger partial charge in [0.15, 0.2) is 0 Å². The Morgan fingerprint density at radius 3 is 2.76 bits per heavy atom. The number of alkyl halides is 2. The van der Waals surface area contributed by atoms with E-state index < -0.39 is 12.8 Å². The molecule has 1 heterocycles. The molecule has 2 rings (SSSR count). The van der Waals surface area contributed by atoms with Gasteiger partial charge in [-0.1, -0.05) is 31.5 Å². The van der Waals surface area contributed by atoms with Crippen molar-refractivity contribution in [2.75, 3.05) is 6.54 Å². The molecule has 21 heavy (non-hydrogen) atoms. The first-order chi connectivity index (χ1) is 10.0. The lowest BCUT2D eigenvalue weighted by Gasteiger charge is -2.26. The third-order valence-corrected chi connectivity index (χ3v) is 3.56. The van der Waals surface area contributed by atoms with Crippen molar-refractivity contribution in [1.82, 2.24) is 10.2 Å². The van der Waals surface area contributed by atoms with Gasteiger partial charge in [0.25, 0.3) is 0 Å². The average molecular weight is 298 g/mol. The zero-order chi connectivity index (χ0) is 15.4. The van der Waals surface area contributed by atoms with Crippen LogP contribution in [-0.4, -0.2) is 30.0 Å². The average Bonchev–Trinajstić information content (AvgIpc) is 2.72. The fourth-order valence-electron chi connectivity index (χ4n) is 2.51. The summed E-state index contributed by atoms with van der Waals surface area (Å²) in [5, 5.41) is 3.14. The van der Waals surface area contributed by atoms with Gasteiger partial charge in [0.2, 0.25) is 5.91 Å². The van der Waals surface area contributed by atoms with Crippen LogP contribution in [0.3, 0.4) is 0 Å². The van der Waals surface area contributed by atoms with Crippen LogP contribution in [0.2, 0.25) is 0 Å². The highest BCUT2D eigenvalue weighted by molar-refractivity contribution is 5.84. The highest BCUT2D eigenvalue weighted by Crippen LogP contribution is 2.32. The molecule has 1 saturated heterocycles. The first kappa shape index (κ1) is 15.7. The molecule has 1 aliphatic rings. The standard InChI is InChI=1S/C15H20F2N2O2/c1-3-4-9-19-13(18-10(2)14(19)20)11-7-5-6-8-12(11)21-15(16)17/h5-8,10,13,15,18H,3-4,9H2,1-2H3. The molecule has 1 fully saturated rings. The minimum absolute atomic E-state index is 0.0136. The second-order valence-electron chi connectivity index (χ2n) is 5.09. The summed E-state index contributed by atoms with van der Waals surface area (Å²) >= 11 is 0. The molecule has 6 heteroatoms. The van der Waals surface area contributed by atoms with Crippen LogP contribution in [0.4, 0.5) is 8.78 Å². The summed E-state index contributed by atoms with van der Waals surface area (Å²) < 4.78 is 29.6. The van der Waals surface area contributed by atoms with Crippen molar-refractivity contribution in [1.29, 1.82) is 0 Å². The Kier molecular flexibility index (Phi) is 5.12. The SMILES string of the molecule is CCCCN1C(=O)C(C)NC1c1ccccc1OC(F)F. The van der Waals surface area contributed by atoms with Crippen LogP contribution >= 0.6 is 0 Å². The number of hydrogen-bond donors (Lipinski definition) is 1. The predicted molar refractivity (Wildman–Crippen MR) is 75.0 cm³/mol. The van der Waals surface area contributed by atoms with Crippen LogP contribution in [0, 0.1) is 0 Å². The highest BCUT2D eigenvalue weighted by Gasteiger charge is 2.38. The minimum Gasteiger partial charge on any atom is -0.434 e. The van der Waals surface area contributed by atoms with E-state index in [0.29, 0.717) is 12.1 Å². The fourth-order valence-corrected chi connectivity index (χ4v) is 2.51. The summed E-state index contributed by atoms with van der Waals surface area (Å²) in [6.45, 7) is 1.53. The number of benzene rings is 1. The molecule has 1 aliphatic heterocycles. The second-order valence-corrected chi connectivity index (χ2v) is 5.09. The molecule has 1 amide bonds. The van der Waals surface area contributed by atoms with Gasteiger partial charge < -0.3 is 9.64 Å². The summed E-state index contributed by atoms with van der Waals surface area (Å²) in [6, 6.07) is 6.26. The number of carbonyl (C=O) groups excluding carboxylic acids is 1. The number of halogens is 2. The number of para-hydroxylation sites is 1. The molecule has 2 unspecified atom stereocenters. The molecule has 0 radical (unpaired) electrons. The monoisotopic (exact) mass is 298 g/mol. The molecule has 116 valence electrons. The van der Waals surface area contributed by atoms with Crippen LogP contribution in [0.5, 0.6) is 5.75 Å². The fraction of sp³-hybridized carbons (Fsp3) is 0.533. The van der Waals surface area contributed by atoms with Gasteiger partial charge in [-0.2, -0.15) is 8.78 Å². The number of ether oxygens (including phenoxy) is 1. The second kappa shape index (κ2) is 6.85. The third kappa shape index (κ3) is 3.50. The highest BCUT2D eigenvalue weighted by atomic mass is 19.3. The molecule has 4 nitrogen and oxygen atoms in total. The Morgan fingerprint density at radius 1 is 1.38 bits per heavy atom. The van der Waals surface area contributed by atoms with Crippen molar-refractivity contribution in [3.05, 3.63) is 29.8 Å². The summed E-state index contributed by atoms with van der Waals surface area (Å²) in [4.78, 5) is 13.9. The first-order valence-corrected chi connectivity index (χ1v) is 7.14. The normalized spacial score (nSPS) is 22.1. The maximum absolute atomic E-state index is 12.5. The van der Waals surface area contributed by atoms with E-state index in [4.69, 9.17) is 0 Å². The van der Waals surface area contributed by atoms with E-state index >= 15 is 0 Å². The molecule has 0 spiro atoms. The number of nitrogens with zero attached hydrogens (tertiary/aromatic N) is 1. The van der Waals surface area contributed by atoms with Crippen molar-refractivity contribution < 1.29 is 18.3 Å². The zero-order valence-electron chi connectivity index (χ0n) is 12.2. The molecule has 0 saturated carbocycles. The number of amides is 1. The van der Waals surface area contributed by atoms with Gasteiger partial charge >= 0.3 is 6.61 Å². The van der Waals surface area contributed by atoms with Gasteiger partial charge in [-0.15, -0.1) is 0 Å². The summed E-state index contributed by atoms with van der Waals surface area (Å²) in [5.41, 5.74) is 0.562. The molecule has 1 aromatic carbocycles. The van der Waals surface area contributed by atoms with Crippen molar-refractivity contribution >= 4 is 5.91 Å². The smallest absolute Gasteiger partial charge is 0.387 e. The molecule has 0 bridgehead atoms. The number of carbonyl (C=O) groups is 1. The van der Waals surface area contributed by atoms with Crippen LogP contribution in [0.15, 0.2) is 24.3 Å². The molecule has 0 aliphatic carbocycles. The Labute approximate surface area is 123 Å². The maximum atomic E-state index is 12.5. The van der Waals surface area contributed by atoms with E-state index in [1.54, 1.807) is 30.0 Å². The summed E-state index contributed by atoms with van der Waals surface area (Å²) in [5.74, 6) is 0.0914. The predicted octanol–water partition coefficient (Wildman–Crippen LogP) is 2.91. The third-order valence-electron chi connectivity index (χ3n) is 3.56. The Morgan fingerprint density at radius 2 is 2.10 bits per heavy atom. The van der Waals surface area contributed by atoms with E-state index in [0.717, 1.165) is 12.8 Å². The van der Waals surface area contributed by atoms with E-state index in [1.165, 1.54) is 6.07 Å². The Balaban J connectivity index is 2.28. The van der Waals surface area contributed by atoms with Gasteiger partial charge in [0.05, 0.1) is 6.04 Å². The molecule has 1 aromatic rings. The van der Waals surface area contributed by atoms with Gasteiger partial charge in [-0.05, 0) is 19.4 Å². The lowest BCUT2D eigenvalue weighted by atomic mass is 10.1. The first-order valence-electron chi connectivity index (χ1n) is 7.14. The molecule has 2 atom stereocenters. The number of nitrogens with one attached hydrogen (secondary N) is 1. The minimum atomic E-state index is -2.88. The zero-order valence-corrected chi connectivity index (χ0v) is 12.2. The van der Waals surface area contributed by atoms with Crippen LogP contribution < -0.4 is 10.1 Å². The van der Waals surface area contributed by atoms with Crippen LogP contribution in [0.25, 0.3) is 0 Å². The van der Waals surface area contributed by atoms with E-state index in [9.17, 15) is 13.6 Å². The lowest BCUT2D eigenvalue weighted by Crippen LogP contribution is -2.31. The van der Waals surface area contributed by atoms with Gasteiger partial charge in [-0.25, -0.2) is 0 Å². The van der Waals surface area contributed by atoms with Crippen molar-refractivity contribution in [2.45, 2.75) is 45.5 Å². The largest absolute Gasteiger partial charge is 0.434 e. The van der Waals surface area contributed by atoms with Crippen molar-refractivity contribution in [3.8, 4) is 5.75 Å². The van der Waals surface area contributed by atoms with Gasteiger partial charge in [0, 0.05) is 12.1 Å². The summed E-state index contributed by atoms with van der Waals surface area (Å²) in [7, 11) is 0. The number of unbranched alkanes of at least 4 members (excludes halogenated alkanes) is 1. The van der Waals surface area contributed by atoms with Gasteiger partial charge in [0.1, 0.15) is 11.9 Å². The van der Waals surface area contributed by atoms with Gasteiger partial charge in [-0.3, -0.25) is 10.1 Å². The lowest BCUT2D eigenvalue weighted by molar-refractivity contribution is -0.129. The van der Waals surface area contributed by atoms with Crippen LogP contribution in [-0.2, 0) is 4.79 Å². The molecular formula is C15H20F2N2O2. The van der Waals surface area contributed by atoms with E-state index in [1.807, 2.05) is 6.92 Å². The maximum Gasteiger partial charge on any atom is 0.387 e. The van der Waals surface area contributed by atoms with E-state index in [-0.39, 0.29) is 17.7 Å². The van der Waals surface area contributed by atoms with Crippen molar-refractivity contribution in [3.63, 3.8) is 0 Å². The quantitative estimate of drug-likeness (QED) is 0.878. The number of rotatable bonds is 6. The number of hydrogen-bond acceptors (Lipinski definition) is 3. The Bertz CT molecular complexity index is 496. The molecule has 1 N–H and O–H groups in total. The topological polar surface area (TPSA) is 41.6 Å². The van der Waals surface area contributed by atoms with Crippen LogP contribution in [0.1, 0.15) is 38.4 Å². The van der Waals surface area contributed by atoms with Crippen molar-refractivity contribution in [2.24, 2.45) is 0 Å². The Hall–Kier alpha value is -1.69.